The zero-order chi connectivity index (χ0) is 9.47. The Balaban J connectivity index is 2.11. The van der Waals surface area contributed by atoms with Crippen LogP contribution in [0.25, 0.3) is 0 Å². The highest BCUT2D eigenvalue weighted by Gasteiger charge is 2.50. The lowest BCUT2D eigenvalue weighted by atomic mass is 9.91. The Morgan fingerprint density at radius 1 is 1.46 bits per heavy atom. The minimum Gasteiger partial charge on any atom is -0.312 e. The van der Waals surface area contributed by atoms with E-state index in [1.165, 1.54) is 25.7 Å². The Morgan fingerprint density at radius 3 is 2.38 bits per heavy atom. The summed E-state index contributed by atoms with van der Waals surface area (Å²) < 4.78 is 0. The van der Waals surface area contributed by atoms with Gasteiger partial charge in [-0.1, -0.05) is 13.8 Å². The second-order valence-corrected chi connectivity index (χ2v) is 4.66. The number of rotatable bonds is 3. The predicted molar refractivity (Wildman–Crippen MR) is 54.3 cm³/mol. The lowest BCUT2D eigenvalue weighted by Crippen LogP contribution is -2.40. The molecule has 13 heavy (non-hydrogen) atoms. The van der Waals surface area contributed by atoms with Gasteiger partial charge in [0.15, 0.2) is 0 Å². The molecule has 0 saturated heterocycles. The zero-order valence-electron chi connectivity index (χ0n) is 8.51. The van der Waals surface area contributed by atoms with E-state index in [-0.39, 0.29) is 0 Å². The Labute approximate surface area is 79.8 Å². The monoisotopic (exact) mass is 181 g/mol. The van der Waals surface area contributed by atoms with Crippen molar-refractivity contribution >= 4 is 5.84 Å². The third-order valence-electron chi connectivity index (χ3n) is 3.36. The Kier molecular flexibility index (Phi) is 2.06. The second-order valence-electron chi connectivity index (χ2n) is 4.66. The van der Waals surface area contributed by atoms with Crippen LogP contribution in [-0.2, 0) is 0 Å². The maximum atomic E-state index is 5.53. The van der Waals surface area contributed by atoms with Gasteiger partial charge in [-0.05, 0) is 31.6 Å². The number of hydrazine groups is 1. The normalized spacial score (nSPS) is 26.3. The molecule has 2 rings (SSSR count). The lowest BCUT2D eigenvalue weighted by molar-refractivity contribution is 0.464. The van der Waals surface area contributed by atoms with E-state index in [1.54, 1.807) is 0 Å². The summed E-state index contributed by atoms with van der Waals surface area (Å²) in [4.78, 5) is 4.64. The third kappa shape index (κ3) is 1.57. The number of aliphatic imine (C=N–C) groups is 1. The summed E-state index contributed by atoms with van der Waals surface area (Å²) in [6, 6.07) is 0.572. The maximum absolute atomic E-state index is 5.53. The van der Waals surface area contributed by atoms with Crippen LogP contribution in [0.1, 0.15) is 39.5 Å². The molecule has 0 spiro atoms. The van der Waals surface area contributed by atoms with E-state index in [1.807, 2.05) is 0 Å². The third-order valence-corrected chi connectivity index (χ3v) is 3.36. The highest BCUT2D eigenvalue weighted by atomic mass is 15.3. The van der Waals surface area contributed by atoms with Crippen LogP contribution in [0, 0.1) is 11.3 Å². The Hall–Kier alpha value is -0.570. The minimum atomic E-state index is 0.303. The van der Waals surface area contributed by atoms with Crippen LogP contribution in [0.15, 0.2) is 4.99 Å². The van der Waals surface area contributed by atoms with Crippen molar-refractivity contribution in [2.45, 2.75) is 45.6 Å². The van der Waals surface area contributed by atoms with Crippen molar-refractivity contribution in [3.8, 4) is 0 Å². The summed E-state index contributed by atoms with van der Waals surface area (Å²) in [6.07, 6.45) is 5.00. The van der Waals surface area contributed by atoms with Gasteiger partial charge in [-0.3, -0.25) is 4.99 Å². The molecule has 2 aliphatic carbocycles. The maximum Gasteiger partial charge on any atom is 0.117 e. The molecular formula is C10H19N3. The van der Waals surface area contributed by atoms with Crippen LogP contribution >= 0.6 is 0 Å². The van der Waals surface area contributed by atoms with Crippen molar-refractivity contribution in [3.05, 3.63) is 0 Å². The van der Waals surface area contributed by atoms with E-state index in [2.05, 4.69) is 24.3 Å². The predicted octanol–water partition coefficient (Wildman–Crippen LogP) is 1.45. The Morgan fingerprint density at radius 2 is 2.08 bits per heavy atom. The summed E-state index contributed by atoms with van der Waals surface area (Å²) in [7, 11) is 0. The highest BCUT2D eigenvalue weighted by Crippen LogP contribution is 2.52. The molecule has 0 bridgehead atoms. The summed E-state index contributed by atoms with van der Waals surface area (Å²) in [5.41, 5.74) is 3.11. The highest BCUT2D eigenvalue weighted by molar-refractivity contribution is 5.90. The molecule has 0 unspecified atom stereocenters. The molecule has 0 aromatic rings. The van der Waals surface area contributed by atoms with Crippen LogP contribution in [0.2, 0.25) is 0 Å². The van der Waals surface area contributed by atoms with Crippen molar-refractivity contribution in [1.29, 1.82) is 0 Å². The van der Waals surface area contributed by atoms with Gasteiger partial charge in [0.2, 0.25) is 0 Å². The molecule has 0 aromatic carbocycles. The summed E-state index contributed by atoms with van der Waals surface area (Å²) in [5, 5.41) is 0. The van der Waals surface area contributed by atoms with Crippen molar-refractivity contribution in [1.82, 2.24) is 5.43 Å². The molecule has 0 aromatic heterocycles. The fourth-order valence-corrected chi connectivity index (χ4v) is 1.92. The molecule has 2 aliphatic rings. The van der Waals surface area contributed by atoms with Gasteiger partial charge >= 0.3 is 0 Å². The van der Waals surface area contributed by atoms with Crippen LogP contribution < -0.4 is 11.3 Å². The average molecular weight is 181 g/mol. The smallest absolute Gasteiger partial charge is 0.117 e. The SMILES string of the molecule is CC(C)C1(C(=NC2CC2)NN)CC1. The van der Waals surface area contributed by atoms with Gasteiger partial charge < -0.3 is 5.43 Å². The fourth-order valence-electron chi connectivity index (χ4n) is 1.92. The standard InChI is InChI=1S/C10H19N3/c1-7(2)10(5-6-10)9(13-11)12-8-3-4-8/h7-8H,3-6,11H2,1-2H3,(H,12,13). The molecule has 0 aliphatic heterocycles. The van der Waals surface area contributed by atoms with Crippen molar-refractivity contribution < 1.29 is 0 Å². The van der Waals surface area contributed by atoms with E-state index >= 15 is 0 Å². The topological polar surface area (TPSA) is 50.4 Å². The number of nitrogens with two attached hydrogens (primary N) is 1. The molecular weight excluding hydrogens is 162 g/mol. The Bertz CT molecular complexity index is 224. The quantitative estimate of drug-likeness (QED) is 0.299. The van der Waals surface area contributed by atoms with Gasteiger partial charge in [-0.25, -0.2) is 5.84 Å². The molecule has 3 nitrogen and oxygen atoms in total. The molecule has 2 saturated carbocycles. The molecule has 0 radical (unpaired) electrons. The molecule has 0 amide bonds. The molecule has 3 heteroatoms. The van der Waals surface area contributed by atoms with Gasteiger partial charge in [-0.15, -0.1) is 0 Å². The zero-order valence-corrected chi connectivity index (χ0v) is 8.51. The molecule has 3 N–H and O–H groups in total. The number of amidine groups is 1. The first-order chi connectivity index (χ1) is 6.19. The van der Waals surface area contributed by atoms with Crippen LogP contribution in [0.3, 0.4) is 0 Å². The number of hydrogen-bond donors (Lipinski definition) is 2. The number of nitrogens with zero attached hydrogens (tertiary/aromatic N) is 1. The van der Waals surface area contributed by atoms with E-state index in [9.17, 15) is 0 Å². The first-order valence-electron chi connectivity index (χ1n) is 5.24. The van der Waals surface area contributed by atoms with E-state index in [0.717, 1.165) is 5.84 Å². The minimum absolute atomic E-state index is 0.303. The molecule has 74 valence electrons. The average Bonchev–Trinajstić information content (AvgIpc) is 2.94. The van der Waals surface area contributed by atoms with E-state index in [0.29, 0.717) is 17.4 Å². The van der Waals surface area contributed by atoms with Gasteiger partial charge in [0, 0.05) is 5.41 Å². The summed E-state index contributed by atoms with van der Waals surface area (Å²) in [5.74, 6) is 7.25. The van der Waals surface area contributed by atoms with Gasteiger partial charge in [0.25, 0.3) is 0 Å². The second kappa shape index (κ2) is 2.98. The number of nitrogens with one attached hydrogen (secondary N) is 1. The molecule has 2 fully saturated rings. The largest absolute Gasteiger partial charge is 0.312 e. The molecule has 0 heterocycles. The molecule has 0 atom stereocenters. The van der Waals surface area contributed by atoms with Crippen LogP contribution in [-0.4, -0.2) is 11.9 Å². The first kappa shape index (κ1) is 9.00. The van der Waals surface area contributed by atoms with Crippen molar-refractivity contribution in [2.75, 3.05) is 0 Å². The lowest BCUT2D eigenvalue weighted by Gasteiger charge is -2.21. The van der Waals surface area contributed by atoms with Gasteiger partial charge in [0.1, 0.15) is 5.84 Å². The summed E-state index contributed by atoms with van der Waals surface area (Å²) >= 11 is 0. The fraction of sp³-hybridized carbons (Fsp3) is 0.900. The first-order valence-corrected chi connectivity index (χ1v) is 5.24. The van der Waals surface area contributed by atoms with Gasteiger partial charge in [0.05, 0.1) is 6.04 Å². The van der Waals surface area contributed by atoms with E-state index in [4.69, 9.17) is 5.84 Å². The van der Waals surface area contributed by atoms with E-state index < -0.39 is 0 Å². The van der Waals surface area contributed by atoms with Crippen molar-refractivity contribution in [3.63, 3.8) is 0 Å². The summed E-state index contributed by atoms with van der Waals surface area (Å²) in [6.45, 7) is 4.51. The van der Waals surface area contributed by atoms with Crippen molar-refractivity contribution in [2.24, 2.45) is 22.2 Å². The van der Waals surface area contributed by atoms with Crippen LogP contribution in [0.5, 0.6) is 0 Å². The van der Waals surface area contributed by atoms with Gasteiger partial charge in [-0.2, -0.15) is 0 Å². The van der Waals surface area contributed by atoms with Crippen LogP contribution in [0.4, 0.5) is 0 Å². The number of hydrogen-bond acceptors (Lipinski definition) is 2.